The van der Waals surface area contributed by atoms with Crippen LogP contribution in [0, 0.1) is 11.7 Å². The van der Waals surface area contributed by atoms with Crippen LogP contribution in [0.4, 0.5) is 4.39 Å². The largest absolute Gasteiger partial charge is 0.493 e. The van der Waals surface area contributed by atoms with Crippen LogP contribution in [0.5, 0.6) is 11.5 Å². The van der Waals surface area contributed by atoms with Crippen LogP contribution in [0.1, 0.15) is 18.4 Å². The van der Waals surface area contributed by atoms with Crippen LogP contribution in [-0.4, -0.2) is 27.3 Å². The molecule has 100 valence electrons. The van der Waals surface area contributed by atoms with Gasteiger partial charge >= 0.3 is 0 Å². The highest BCUT2D eigenvalue weighted by molar-refractivity contribution is 5.44. The zero-order chi connectivity index (χ0) is 13.0. The molecule has 0 aliphatic carbocycles. The van der Waals surface area contributed by atoms with Crippen molar-refractivity contribution in [2.45, 2.75) is 19.3 Å². The molecule has 1 aromatic carbocycles. The number of nitrogens with one attached hydrogen (secondary N) is 1. The lowest BCUT2D eigenvalue weighted by atomic mass is 9.91. The minimum atomic E-state index is -0.346. The van der Waals surface area contributed by atoms with Gasteiger partial charge < -0.3 is 14.8 Å². The molecule has 4 heteroatoms. The van der Waals surface area contributed by atoms with E-state index in [1.54, 1.807) is 6.07 Å². The first-order valence-electron chi connectivity index (χ1n) is 6.35. The third-order valence-electron chi connectivity index (χ3n) is 3.48. The molecule has 0 unspecified atom stereocenters. The van der Waals surface area contributed by atoms with E-state index in [9.17, 15) is 4.39 Å². The van der Waals surface area contributed by atoms with Gasteiger partial charge in [-0.05, 0) is 56.0 Å². The van der Waals surface area contributed by atoms with Crippen LogP contribution < -0.4 is 14.8 Å². The van der Waals surface area contributed by atoms with E-state index in [1.807, 2.05) is 6.07 Å². The number of benzene rings is 1. The van der Waals surface area contributed by atoms with Gasteiger partial charge in [-0.25, -0.2) is 4.39 Å². The number of methoxy groups -OCH3 is 2. The molecule has 0 aromatic heterocycles. The van der Waals surface area contributed by atoms with Gasteiger partial charge in [0.15, 0.2) is 17.3 Å². The first-order valence-corrected chi connectivity index (χ1v) is 6.35. The summed E-state index contributed by atoms with van der Waals surface area (Å²) in [5.74, 6) is 0.942. The van der Waals surface area contributed by atoms with Crippen LogP contribution in [0.3, 0.4) is 0 Å². The van der Waals surface area contributed by atoms with E-state index in [0.29, 0.717) is 11.7 Å². The standard InChI is InChI=1S/C14H20FNO2/c1-17-13-9-11(8-12(15)14(13)18-2)7-10-3-5-16-6-4-10/h8-10,16H,3-7H2,1-2H3. The Morgan fingerprint density at radius 2 is 1.94 bits per heavy atom. The van der Waals surface area contributed by atoms with Crippen LogP contribution >= 0.6 is 0 Å². The van der Waals surface area contributed by atoms with Crippen molar-refractivity contribution < 1.29 is 13.9 Å². The monoisotopic (exact) mass is 253 g/mol. The lowest BCUT2D eigenvalue weighted by Gasteiger charge is -2.23. The summed E-state index contributed by atoms with van der Waals surface area (Å²) in [6.07, 6.45) is 3.20. The molecule has 2 rings (SSSR count). The van der Waals surface area contributed by atoms with Crippen molar-refractivity contribution in [1.29, 1.82) is 0 Å². The maximum atomic E-state index is 13.8. The Bertz CT molecular complexity index is 403. The molecule has 18 heavy (non-hydrogen) atoms. The highest BCUT2D eigenvalue weighted by atomic mass is 19.1. The molecule has 1 aromatic rings. The molecule has 0 bridgehead atoms. The van der Waals surface area contributed by atoms with Gasteiger partial charge in [0.25, 0.3) is 0 Å². The third kappa shape index (κ3) is 2.93. The average molecular weight is 253 g/mol. The Morgan fingerprint density at radius 1 is 1.22 bits per heavy atom. The summed E-state index contributed by atoms with van der Waals surface area (Å²) in [7, 11) is 2.99. The topological polar surface area (TPSA) is 30.5 Å². The smallest absolute Gasteiger partial charge is 0.196 e. The predicted octanol–water partition coefficient (Wildman–Crippen LogP) is 2.39. The summed E-state index contributed by atoms with van der Waals surface area (Å²) in [5, 5.41) is 3.33. The molecule has 0 atom stereocenters. The lowest BCUT2D eigenvalue weighted by molar-refractivity contribution is 0.334. The Morgan fingerprint density at radius 3 is 2.56 bits per heavy atom. The van der Waals surface area contributed by atoms with Gasteiger partial charge in [-0.2, -0.15) is 0 Å². The van der Waals surface area contributed by atoms with E-state index in [2.05, 4.69) is 5.32 Å². The quantitative estimate of drug-likeness (QED) is 0.893. The van der Waals surface area contributed by atoms with Gasteiger partial charge in [0.05, 0.1) is 14.2 Å². The Labute approximate surface area is 107 Å². The van der Waals surface area contributed by atoms with E-state index in [1.165, 1.54) is 14.2 Å². The Kier molecular flexibility index (Phi) is 4.42. The normalized spacial score (nSPS) is 16.6. The molecule has 0 saturated carbocycles. The summed E-state index contributed by atoms with van der Waals surface area (Å²) in [5.41, 5.74) is 0.983. The van der Waals surface area contributed by atoms with E-state index in [-0.39, 0.29) is 11.6 Å². The molecule has 0 radical (unpaired) electrons. The summed E-state index contributed by atoms with van der Waals surface area (Å²) >= 11 is 0. The SMILES string of the molecule is COc1cc(CC2CCNCC2)cc(F)c1OC. The van der Waals surface area contributed by atoms with Crippen molar-refractivity contribution in [3.05, 3.63) is 23.5 Å². The minimum absolute atomic E-state index is 0.187. The van der Waals surface area contributed by atoms with Crippen LogP contribution in [-0.2, 0) is 6.42 Å². The molecule has 0 spiro atoms. The summed E-state index contributed by atoms with van der Waals surface area (Å²) < 4.78 is 24.0. The van der Waals surface area contributed by atoms with E-state index in [0.717, 1.165) is 37.9 Å². The fourth-order valence-electron chi connectivity index (χ4n) is 2.51. The van der Waals surface area contributed by atoms with Crippen LogP contribution in [0.2, 0.25) is 0 Å². The first kappa shape index (κ1) is 13.1. The van der Waals surface area contributed by atoms with Crippen molar-refractivity contribution in [1.82, 2.24) is 5.32 Å². The summed E-state index contributed by atoms with van der Waals surface area (Å²) in [6.45, 7) is 2.11. The molecule has 1 saturated heterocycles. The predicted molar refractivity (Wildman–Crippen MR) is 68.8 cm³/mol. The maximum Gasteiger partial charge on any atom is 0.196 e. The number of hydrogen-bond donors (Lipinski definition) is 1. The van der Waals surface area contributed by atoms with Crippen molar-refractivity contribution in [3.63, 3.8) is 0 Å². The number of hydrogen-bond acceptors (Lipinski definition) is 3. The molecule has 1 aliphatic rings. The molecule has 0 amide bonds. The Hall–Kier alpha value is -1.29. The summed E-state index contributed by atoms with van der Waals surface area (Å²) in [4.78, 5) is 0. The van der Waals surface area contributed by atoms with Gasteiger partial charge in [-0.15, -0.1) is 0 Å². The summed E-state index contributed by atoms with van der Waals surface area (Å²) in [6, 6.07) is 3.44. The minimum Gasteiger partial charge on any atom is -0.493 e. The lowest BCUT2D eigenvalue weighted by Crippen LogP contribution is -2.28. The van der Waals surface area contributed by atoms with E-state index >= 15 is 0 Å². The second-order valence-corrected chi connectivity index (χ2v) is 4.71. The fourth-order valence-corrected chi connectivity index (χ4v) is 2.51. The average Bonchev–Trinajstić information content (AvgIpc) is 2.39. The zero-order valence-corrected chi connectivity index (χ0v) is 11.0. The molecule has 3 nitrogen and oxygen atoms in total. The van der Waals surface area contributed by atoms with Crippen molar-refractivity contribution in [2.24, 2.45) is 5.92 Å². The molecule has 1 heterocycles. The van der Waals surface area contributed by atoms with E-state index in [4.69, 9.17) is 9.47 Å². The highest BCUT2D eigenvalue weighted by Crippen LogP contribution is 2.32. The van der Waals surface area contributed by atoms with Gasteiger partial charge in [-0.3, -0.25) is 0 Å². The molecular formula is C14H20FNO2. The third-order valence-corrected chi connectivity index (χ3v) is 3.48. The number of rotatable bonds is 4. The highest BCUT2D eigenvalue weighted by Gasteiger charge is 2.17. The molecule has 1 N–H and O–H groups in total. The van der Waals surface area contributed by atoms with Gasteiger partial charge in [0.2, 0.25) is 0 Å². The van der Waals surface area contributed by atoms with Gasteiger partial charge in [-0.1, -0.05) is 0 Å². The van der Waals surface area contributed by atoms with Crippen molar-refractivity contribution >= 4 is 0 Å². The Balaban J connectivity index is 2.15. The second kappa shape index (κ2) is 6.05. The number of ether oxygens (including phenoxy) is 2. The molecular weight excluding hydrogens is 233 g/mol. The van der Waals surface area contributed by atoms with Crippen molar-refractivity contribution in [3.8, 4) is 11.5 Å². The second-order valence-electron chi connectivity index (χ2n) is 4.71. The number of piperidine rings is 1. The molecule has 1 fully saturated rings. The fraction of sp³-hybridized carbons (Fsp3) is 0.571. The van der Waals surface area contributed by atoms with Crippen LogP contribution in [0.25, 0.3) is 0 Å². The number of halogens is 1. The van der Waals surface area contributed by atoms with Crippen LogP contribution in [0.15, 0.2) is 12.1 Å². The first-order chi connectivity index (χ1) is 8.74. The molecule has 1 aliphatic heterocycles. The van der Waals surface area contributed by atoms with Gasteiger partial charge in [0, 0.05) is 0 Å². The van der Waals surface area contributed by atoms with Crippen molar-refractivity contribution in [2.75, 3.05) is 27.3 Å². The zero-order valence-electron chi connectivity index (χ0n) is 11.0. The van der Waals surface area contributed by atoms with E-state index < -0.39 is 0 Å². The van der Waals surface area contributed by atoms with Gasteiger partial charge in [0.1, 0.15) is 0 Å². The maximum absolute atomic E-state index is 13.8.